The van der Waals surface area contributed by atoms with Gasteiger partial charge in [0.25, 0.3) is 0 Å². The molecule has 1 aromatic carbocycles. The zero-order valence-corrected chi connectivity index (χ0v) is 17.3. The summed E-state index contributed by atoms with van der Waals surface area (Å²) in [6.45, 7) is 2.05. The molecule has 31 heavy (non-hydrogen) atoms. The van der Waals surface area contributed by atoms with E-state index < -0.39 is 0 Å². The van der Waals surface area contributed by atoms with Gasteiger partial charge < -0.3 is 4.40 Å². The highest BCUT2D eigenvalue weighted by Gasteiger charge is 2.04. The van der Waals surface area contributed by atoms with Gasteiger partial charge >= 0.3 is 0 Å². The molecule has 0 aliphatic carbocycles. The summed E-state index contributed by atoms with van der Waals surface area (Å²) in [5.41, 5.74) is 8.53. The molecule has 0 atom stereocenters. The summed E-state index contributed by atoms with van der Waals surface area (Å²) < 4.78 is 3.89. The second-order valence-electron chi connectivity index (χ2n) is 7.34. The number of H-pyrrole nitrogens is 1. The van der Waals surface area contributed by atoms with Gasteiger partial charge in [-0.3, -0.25) is 14.8 Å². The summed E-state index contributed by atoms with van der Waals surface area (Å²) >= 11 is 0. The van der Waals surface area contributed by atoms with Crippen molar-refractivity contribution in [1.29, 1.82) is 0 Å². The molecule has 1 N–H and O–H groups in total. The number of nitrogens with one attached hydrogen (secondary N) is 1. The number of aromatic amines is 1. The van der Waals surface area contributed by atoms with Crippen LogP contribution in [0.1, 0.15) is 5.69 Å². The van der Waals surface area contributed by atoms with Crippen molar-refractivity contribution in [1.82, 2.24) is 34.3 Å². The van der Waals surface area contributed by atoms with Gasteiger partial charge in [0.1, 0.15) is 11.2 Å². The van der Waals surface area contributed by atoms with Crippen molar-refractivity contribution >= 4 is 16.7 Å². The topological polar surface area (TPSA) is 76.7 Å². The fourth-order valence-corrected chi connectivity index (χ4v) is 3.46. The highest BCUT2D eigenvalue weighted by atomic mass is 15.2. The molecule has 7 nitrogen and oxygen atoms in total. The minimum absolute atomic E-state index is 0.898. The van der Waals surface area contributed by atoms with Crippen LogP contribution in [-0.4, -0.2) is 34.3 Å². The average Bonchev–Trinajstić information content (AvgIpc) is 3.54. The quantitative estimate of drug-likeness (QED) is 0.453. The lowest BCUT2D eigenvalue weighted by Crippen LogP contribution is -1.88. The number of pyridine rings is 2. The first-order valence-electron chi connectivity index (χ1n) is 9.95. The van der Waals surface area contributed by atoms with Gasteiger partial charge in [-0.2, -0.15) is 10.2 Å². The Morgan fingerprint density at radius 1 is 0.774 bits per heavy atom. The van der Waals surface area contributed by atoms with Crippen LogP contribution in [0.15, 0.2) is 85.7 Å². The van der Waals surface area contributed by atoms with Crippen molar-refractivity contribution in [2.75, 3.05) is 0 Å². The molecule has 7 heteroatoms. The third-order valence-electron chi connectivity index (χ3n) is 5.13. The Labute approximate surface area is 179 Å². The van der Waals surface area contributed by atoms with Crippen molar-refractivity contribution < 1.29 is 0 Å². The van der Waals surface area contributed by atoms with E-state index in [1.165, 1.54) is 5.56 Å². The molecule has 0 spiro atoms. The molecule has 6 rings (SSSR count). The van der Waals surface area contributed by atoms with Gasteiger partial charge in [0.15, 0.2) is 0 Å². The largest absolute Gasteiger partial charge is 0.304 e. The summed E-state index contributed by atoms with van der Waals surface area (Å²) in [4.78, 5) is 8.62. The lowest BCUT2D eigenvalue weighted by molar-refractivity contribution is 0.768. The molecular formula is C24H21N7. The molecule has 0 bridgehead atoms. The molecule has 0 saturated heterocycles. The summed E-state index contributed by atoms with van der Waals surface area (Å²) in [6.07, 6.45) is 11.4. The smallest absolute Gasteiger partial charge is 0.136 e. The monoisotopic (exact) mass is 407 g/mol. The standard InChI is InChI=1S/C12H12N4.C12H9N3/c1-9-5-13-12-4-3-10(8-16(9)12)11-6-14-15(2)7-11;1-2-4-9(5-3-1)10-6-11-12(13-7-10)8-14-15-11/h3-8H,1-2H3;1-8H,(H,14,15). The molecule has 0 saturated carbocycles. The maximum Gasteiger partial charge on any atom is 0.136 e. The Balaban J connectivity index is 0.000000132. The predicted molar refractivity (Wildman–Crippen MR) is 121 cm³/mol. The van der Waals surface area contributed by atoms with Gasteiger partial charge in [0.05, 0.1) is 17.9 Å². The molecule has 0 aliphatic rings. The average molecular weight is 407 g/mol. The third kappa shape index (κ3) is 3.81. The number of hydrogen-bond acceptors (Lipinski definition) is 4. The Morgan fingerprint density at radius 3 is 2.45 bits per heavy atom. The minimum atomic E-state index is 0.898. The van der Waals surface area contributed by atoms with Crippen molar-refractivity contribution in [2.24, 2.45) is 7.05 Å². The van der Waals surface area contributed by atoms with Crippen molar-refractivity contribution in [2.45, 2.75) is 6.92 Å². The Morgan fingerprint density at radius 2 is 1.65 bits per heavy atom. The van der Waals surface area contributed by atoms with E-state index in [0.717, 1.165) is 39.1 Å². The van der Waals surface area contributed by atoms with E-state index in [1.807, 2.05) is 63.0 Å². The molecule has 0 aliphatic heterocycles. The number of rotatable bonds is 2. The lowest BCUT2D eigenvalue weighted by Gasteiger charge is -2.00. The minimum Gasteiger partial charge on any atom is -0.304 e. The summed E-state index contributed by atoms with van der Waals surface area (Å²) in [5, 5.41) is 11.0. The molecule has 0 amide bonds. The van der Waals surface area contributed by atoms with Crippen LogP contribution in [0.3, 0.4) is 0 Å². The van der Waals surface area contributed by atoms with Gasteiger partial charge in [-0.15, -0.1) is 0 Å². The number of imidazole rings is 1. The van der Waals surface area contributed by atoms with Gasteiger partial charge in [-0.05, 0) is 30.7 Å². The molecule has 0 unspecified atom stereocenters. The molecule has 6 aromatic rings. The Bertz CT molecular complexity index is 1460. The van der Waals surface area contributed by atoms with E-state index in [1.54, 1.807) is 10.9 Å². The number of nitrogens with zero attached hydrogens (tertiary/aromatic N) is 6. The molecule has 5 heterocycles. The van der Waals surface area contributed by atoms with Crippen LogP contribution in [0.25, 0.3) is 38.9 Å². The highest BCUT2D eigenvalue weighted by Crippen LogP contribution is 2.21. The Kier molecular flexibility index (Phi) is 4.76. The first-order chi connectivity index (χ1) is 15.2. The van der Waals surface area contributed by atoms with E-state index in [2.05, 4.69) is 60.1 Å². The van der Waals surface area contributed by atoms with Crippen molar-refractivity contribution in [3.8, 4) is 22.3 Å². The predicted octanol–water partition coefficient (Wildman–Crippen LogP) is 4.67. The van der Waals surface area contributed by atoms with Gasteiger partial charge in [-0.25, -0.2) is 4.98 Å². The fraction of sp³-hybridized carbons (Fsp3) is 0.0833. The van der Waals surface area contributed by atoms with Crippen LogP contribution in [-0.2, 0) is 7.05 Å². The van der Waals surface area contributed by atoms with E-state index in [0.29, 0.717) is 0 Å². The fourth-order valence-electron chi connectivity index (χ4n) is 3.46. The SMILES string of the molecule is Cc1cnc2ccc(-c3cnn(C)c3)cn12.c1ccc(-c2cnc3cn[nH]c3c2)cc1. The van der Waals surface area contributed by atoms with Gasteiger partial charge in [0, 0.05) is 54.2 Å². The number of benzene rings is 1. The number of aryl methyl sites for hydroxylation is 2. The van der Waals surface area contributed by atoms with E-state index in [-0.39, 0.29) is 0 Å². The maximum atomic E-state index is 4.32. The Hall–Kier alpha value is -4.26. The molecule has 0 fully saturated rings. The van der Waals surface area contributed by atoms with Crippen LogP contribution in [0.5, 0.6) is 0 Å². The van der Waals surface area contributed by atoms with E-state index >= 15 is 0 Å². The van der Waals surface area contributed by atoms with Crippen LogP contribution in [0.2, 0.25) is 0 Å². The molecule has 152 valence electrons. The van der Waals surface area contributed by atoms with Gasteiger partial charge in [0.2, 0.25) is 0 Å². The first-order valence-corrected chi connectivity index (χ1v) is 9.95. The van der Waals surface area contributed by atoms with E-state index in [9.17, 15) is 0 Å². The molecule has 5 aromatic heterocycles. The summed E-state index contributed by atoms with van der Waals surface area (Å²) in [7, 11) is 1.92. The van der Waals surface area contributed by atoms with Gasteiger partial charge in [-0.1, -0.05) is 30.3 Å². The number of aromatic nitrogens is 7. The normalized spacial score (nSPS) is 10.9. The second kappa shape index (κ2) is 7.87. The second-order valence-corrected chi connectivity index (χ2v) is 7.34. The third-order valence-corrected chi connectivity index (χ3v) is 5.13. The first kappa shape index (κ1) is 18.7. The molecular weight excluding hydrogens is 386 g/mol. The number of hydrogen-bond donors (Lipinski definition) is 1. The van der Waals surface area contributed by atoms with Crippen LogP contribution in [0, 0.1) is 6.92 Å². The van der Waals surface area contributed by atoms with E-state index in [4.69, 9.17) is 0 Å². The molecule has 0 radical (unpaired) electrons. The van der Waals surface area contributed by atoms with Crippen LogP contribution in [0.4, 0.5) is 0 Å². The maximum absolute atomic E-state index is 4.32. The van der Waals surface area contributed by atoms with Crippen LogP contribution < -0.4 is 0 Å². The highest BCUT2D eigenvalue weighted by molar-refractivity contribution is 5.79. The summed E-state index contributed by atoms with van der Waals surface area (Å²) in [6, 6.07) is 16.3. The number of fused-ring (bicyclic) bond motifs is 2. The summed E-state index contributed by atoms with van der Waals surface area (Å²) in [5.74, 6) is 0. The van der Waals surface area contributed by atoms with Crippen molar-refractivity contribution in [3.63, 3.8) is 0 Å². The van der Waals surface area contributed by atoms with Crippen molar-refractivity contribution in [3.05, 3.63) is 91.4 Å². The lowest BCUT2D eigenvalue weighted by atomic mass is 10.1. The van der Waals surface area contributed by atoms with Crippen LogP contribution >= 0.6 is 0 Å². The zero-order chi connectivity index (χ0) is 21.2. The zero-order valence-electron chi connectivity index (χ0n) is 17.3.